The fourth-order valence-electron chi connectivity index (χ4n) is 1.46. The van der Waals surface area contributed by atoms with Crippen molar-refractivity contribution in [2.24, 2.45) is 0 Å². The zero-order valence-electron chi connectivity index (χ0n) is 9.03. The number of rotatable bonds is 0. The van der Waals surface area contributed by atoms with Crippen LogP contribution in [0.4, 0.5) is 0 Å². The number of aromatic nitrogens is 1. The topological polar surface area (TPSA) is 16.1 Å². The van der Waals surface area contributed by atoms with E-state index >= 15 is 0 Å². The molecular formula is C14H14N2. The summed E-state index contributed by atoms with van der Waals surface area (Å²) in [4.78, 5) is 5.99. The lowest BCUT2D eigenvalue weighted by Crippen LogP contribution is -2.18. The van der Waals surface area contributed by atoms with Crippen LogP contribution in [0.25, 0.3) is 0 Å². The van der Waals surface area contributed by atoms with E-state index in [1.807, 2.05) is 18.2 Å². The maximum absolute atomic E-state index is 3.78. The van der Waals surface area contributed by atoms with Crippen molar-refractivity contribution in [3.63, 3.8) is 0 Å². The zero-order chi connectivity index (χ0) is 11.1. The molecule has 0 unspecified atom stereocenters. The van der Waals surface area contributed by atoms with Crippen LogP contribution in [0, 0.1) is 0 Å². The number of fused-ring (bicyclic) bond motifs is 1. The van der Waals surface area contributed by atoms with Crippen molar-refractivity contribution in [1.29, 1.82) is 0 Å². The van der Waals surface area contributed by atoms with Crippen molar-refractivity contribution in [2.45, 2.75) is 0 Å². The number of hydrogen-bond acceptors (Lipinski definition) is 2. The van der Waals surface area contributed by atoms with Gasteiger partial charge in [-0.1, -0.05) is 24.3 Å². The second kappa shape index (κ2) is 5.71. The number of allylic oxidation sites excluding steroid dienone is 5. The Labute approximate surface area is 95.9 Å². The van der Waals surface area contributed by atoms with Crippen LogP contribution in [-0.4, -0.2) is 16.4 Å². The van der Waals surface area contributed by atoms with Crippen LogP contribution in [-0.2, 0) is 0 Å². The molecule has 80 valence electrons. The maximum atomic E-state index is 3.78. The van der Waals surface area contributed by atoms with E-state index in [2.05, 4.69) is 52.5 Å². The van der Waals surface area contributed by atoms with E-state index in [9.17, 15) is 0 Å². The third kappa shape index (κ3) is 2.95. The van der Waals surface area contributed by atoms with Crippen molar-refractivity contribution in [3.8, 4) is 0 Å². The number of nitrogens with zero attached hydrogens (tertiary/aromatic N) is 2. The summed E-state index contributed by atoms with van der Waals surface area (Å²) in [5.74, 6) is 0. The Morgan fingerprint density at radius 3 is 2.50 bits per heavy atom. The Bertz CT molecular complexity index is 401. The van der Waals surface area contributed by atoms with Crippen LogP contribution in [0.2, 0.25) is 0 Å². The molecule has 2 aliphatic rings. The highest BCUT2D eigenvalue weighted by molar-refractivity contribution is 5.33. The predicted molar refractivity (Wildman–Crippen MR) is 66.4 cm³/mol. The van der Waals surface area contributed by atoms with Crippen LogP contribution >= 0.6 is 0 Å². The van der Waals surface area contributed by atoms with Crippen molar-refractivity contribution < 1.29 is 0 Å². The monoisotopic (exact) mass is 210 g/mol. The Morgan fingerprint density at radius 2 is 1.88 bits per heavy atom. The van der Waals surface area contributed by atoms with Crippen LogP contribution < -0.4 is 0 Å². The first-order valence-electron chi connectivity index (χ1n) is 5.30. The first kappa shape index (κ1) is 10.4. The summed E-state index contributed by atoms with van der Waals surface area (Å²) in [6.45, 7) is 1.01. The van der Waals surface area contributed by atoms with Crippen molar-refractivity contribution >= 4 is 0 Å². The Kier molecular flexibility index (Phi) is 3.72. The molecule has 0 radical (unpaired) electrons. The third-order valence-corrected chi connectivity index (χ3v) is 2.25. The molecule has 0 atom stereocenters. The van der Waals surface area contributed by atoms with E-state index in [0.717, 1.165) is 6.54 Å². The Balaban J connectivity index is 0.000000138. The molecule has 3 rings (SSSR count). The molecular weight excluding hydrogens is 196 g/mol. The largest absolute Gasteiger partial charge is 0.344 e. The standard InChI is InChI=1S/C9H9N.C5H5N/c1-3-7-10-8-4-2-6-9(10)5-1;1-2-4-6-5-3-1/h1-7H,8H2;1-5H. The van der Waals surface area contributed by atoms with Gasteiger partial charge in [-0.2, -0.15) is 0 Å². The predicted octanol–water partition coefficient (Wildman–Crippen LogP) is 2.91. The number of pyridine rings is 1. The van der Waals surface area contributed by atoms with Crippen LogP contribution in [0.3, 0.4) is 0 Å². The summed E-state index contributed by atoms with van der Waals surface area (Å²) in [5, 5.41) is 0. The normalized spacial score (nSPS) is 16.0. The molecule has 0 saturated heterocycles. The average molecular weight is 210 g/mol. The van der Waals surface area contributed by atoms with Gasteiger partial charge in [0.25, 0.3) is 0 Å². The van der Waals surface area contributed by atoms with E-state index < -0.39 is 0 Å². The molecule has 16 heavy (non-hydrogen) atoms. The molecule has 0 saturated carbocycles. The van der Waals surface area contributed by atoms with Crippen molar-refractivity contribution in [1.82, 2.24) is 9.88 Å². The summed E-state index contributed by atoms with van der Waals surface area (Å²) in [5.41, 5.74) is 1.28. The van der Waals surface area contributed by atoms with Crippen LogP contribution in [0.15, 0.2) is 78.9 Å². The summed E-state index contributed by atoms with van der Waals surface area (Å²) < 4.78 is 0. The minimum absolute atomic E-state index is 1.01. The van der Waals surface area contributed by atoms with Gasteiger partial charge >= 0.3 is 0 Å². The molecule has 2 nitrogen and oxygen atoms in total. The van der Waals surface area contributed by atoms with E-state index in [4.69, 9.17) is 0 Å². The fraction of sp³-hybridized carbons (Fsp3) is 0.0714. The highest BCUT2D eigenvalue weighted by Gasteiger charge is 2.05. The lowest BCUT2D eigenvalue weighted by Gasteiger charge is -2.23. The van der Waals surface area contributed by atoms with Crippen molar-refractivity contribution in [3.05, 3.63) is 78.9 Å². The molecule has 0 spiro atoms. The molecule has 2 aliphatic heterocycles. The van der Waals surface area contributed by atoms with Gasteiger partial charge in [-0.3, -0.25) is 4.98 Å². The third-order valence-electron chi connectivity index (χ3n) is 2.25. The fourth-order valence-corrected chi connectivity index (χ4v) is 1.46. The summed E-state index contributed by atoms with van der Waals surface area (Å²) in [6.07, 6.45) is 18.2. The van der Waals surface area contributed by atoms with E-state index in [1.54, 1.807) is 12.4 Å². The first-order valence-corrected chi connectivity index (χ1v) is 5.30. The Morgan fingerprint density at radius 1 is 1.00 bits per heavy atom. The van der Waals surface area contributed by atoms with Gasteiger partial charge in [-0.15, -0.1) is 0 Å². The lowest BCUT2D eigenvalue weighted by atomic mass is 10.2. The summed E-state index contributed by atoms with van der Waals surface area (Å²) >= 11 is 0. The van der Waals surface area contributed by atoms with Gasteiger partial charge < -0.3 is 4.90 Å². The molecule has 1 aromatic heterocycles. The minimum atomic E-state index is 1.01. The Hall–Kier alpha value is -2.09. The number of hydrogen-bond donors (Lipinski definition) is 0. The molecule has 1 aromatic rings. The van der Waals surface area contributed by atoms with E-state index in [1.165, 1.54) is 5.70 Å². The summed E-state index contributed by atoms with van der Waals surface area (Å²) in [6, 6.07) is 5.72. The van der Waals surface area contributed by atoms with E-state index in [-0.39, 0.29) is 0 Å². The van der Waals surface area contributed by atoms with Gasteiger partial charge in [0.15, 0.2) is 0 Å². The molecule has 0 aromatic carbocycles. The molecule has 2 heteroatoms. The molecule has 3 heterocycles. The van der Waals surface area contributed by atoms with E-state index in [0.29, 0.717) is 0 Å². The van der Waals surface area contributed by atoms with Gasteiger partial charge in [-0.25, -0.2) is 0 Å². The van der Waals surface area contributed by atoms with Gasteiger partial charge in [0, 0.05) is 30.8 Å². The van der Waals surface area contributed by atoms with Gasteiger partial charge in [0.05, 0.1) is 0 Å². The van der Waals surface area contributed by atoms with Gasteiger partial charge in [0.1, 0.15) is 0 Å². The maximum Gasteiger partial charge on any atom is 0.0409 e. The van der Waals surface area contributed by atoms with Crippen molar-refractivity contribution in [2.75, 3.05) is 6.54 Å². The molecule has 0 bridgehead atoms. The molecule has 0 fully saturated rings. The highest BCUT2D eigenvalue weighted by atomic mass is 15.1. The van der Waals surface area contributed by atoms with Gasteiger partial charge in [-0.05, 0) is 30.4 Å². The average Bonchev–Trinajstić information content (AvgIpc) is 2.42. The SMILES string of the molecule is C1=CCN2C=CC=CC2=C1.c1ccncc1. The smallest absolute Gasteiger partial charge is 0.0409 e. The zero-order valence-corrected chi connectivity index (χ0v) is 9.03. The minimum Gasteiger partial charge on any atom is -0.344 e. The molecule has 0 N–H and O–H groups in total. The summed E-state index contributed by atoms with van der Waals surface area (Å²) in [7, 11) is 0. The first-order chi connectivity index (χ1) is 7.97. The second-order valence-electron chi connectivity index (χ2n) is 3.40. The highest BCUT2D eigenvalue weighted by Crippen LogP contribution is 2.14. The molecule has 0 amide bonds. The second-order valence-corrected chi connectivity index (χ2v) is 3.40. The van der Waals surface area contributed by atoms with Crippen LogP contribution in [0.1, 0.15) is 0 Å². The molecule has 0 aliphatic carbocycles. The van der Waals surface area contributed by atoms with Crippen LogP contribution in [0.5, 0.6) is 0 Å². The quantitative estimate of drug-likeness (QED) is 0.654. The lowest BCUT2D eigenvalue weighted by molar-refractivity contribution is 0.523. The van der Waals surface area contributed by atoms with Gasteiger partial charge in [0.2, 0.25) is 0 Å².